The van der Waals surface area contributed by atoms with Crippen molar-refractivity contribution in [3.8, 4) is 6.07 Å². The molecule has 7 rings (SSSR count). The molecule has 0 radical (unpaired) electrons. The van der Waals surface area contributed by atoms with Crippen LogP contribution in [0.25, 0.3) is 5.65 Å². The first-order valence-corrected chi connectivity index (χ1v) is 14.3. The molecule has 12 nitrogen and oxygen atoms in total. The van der Waals surface area contributed by atoms with E-state index in [9.17, 15) is 23.2 Å². The number of aromatic nitrogens is 5. The van der Waals surface area contributed by atoms with Crippen molar-refractivity contribution in [1.82, 2.24) is 34.2 Å². The minimum Gasteiger partial charge on any atom is -0.378 e. The van der Waals surface area contributed by atoms with E-state index < -0.39 is 17.3 Å². The Labute approximate surface area is 250 Å². The van der Waals surface area contributed by atoms with Crippen molar-refractivity contribution in [3.05, 3.63) is 66.1 Å². The molecule has 0 spiro atoms. The third-order valence-electron chi connectivity index (χ3n) is 8.58. The molecular weight excluding hydrogens is 577 g/mol. The molecular formula is C29H29F3N10O2. The van der Waals surface area contributed by atoms with Gasteiger partial charge in [0.25, 0.3) is 5.91 Å². The topological polar surface area (TPSA) is 120 Å². The molecule has 6 heterocycles. The van der Waals surface area contributed by atoms with Crippen LogP contribution in [0.15, 0.2) is 55.0 Å². The first-order valence-electron chi connectivity index (χ1n) is 14.3. The maximum absolute atomic E-state index is 13.2. The molecule has 1 aromatic carbocycles. The van der Waals surface area contributed by atoms with Gasteiger partial charge in [0.2, 0.25) is 5.95 Å². The summed E-state index contributed by atoms with van der Waals surface area (Å²) in [7, 11) is 0. The maximum atomic E-state index is 13.2. The average Bonchev–Trinajstić information content (AvgIpc) is 3.62. The van der Waals surface area contributed by atoms with E-state index in [-0.39, 0.29) is 25.4 Å². The largest absolute Gasteiger partial charge is 0.419 e. The van der Waals surface area contributed by atoms with Crippen molar-refractivity contribution >= 4 is 28.9 Å². The summed E-state index contributed by atoms with van der Waals surface area (Å²) in [6, 6.07) is 13.4. The number of nitriles is 1. The van der Waals surface area contributed by atoms with Gasteiger partial charge in [0.15, 0.2) is 5.65 Å². The first-order chi connectivity index (χ1) is 21.2. The van der Waals surface area contributed by atoms with Crippen molar-refractivity contribution in [2.24, 2.45) is 0 Å². The highest BCUT2D eigenvalue weighted by molar-refractivity contribution is 5.94. The minimum absolute atomic E-state index is 0.00307. The SMILES string of the molecule is N#CCC1(n2cc(C(F)(F)F)cn2)CN(c2cccn3nc(Nc4ccc(C(=O)N5CCN(C6COC6)CC5)cc4)nc23)C1. The molecule has 0 atom stereocenters. The number of fused-ring (bicyclic) bond motifs is 1. The lowest BCUT2D eigenvalue weighted by molar-refractivity contribution is -0.137. The Kier molecular flexibility index (Phi) is 6.90. The summed E-state index contributed by atoms with van der Waals surface area (Å²) in [5.41, 5.74) is 0.875. The number of ether oxygens (including phenoxy) is 1. The summed E-state index contributed by atoms with van der Waals surface area (Å²) in [5, 5.41) is 21.1. The summed E-state index contributed by atoms with van der Waals surface area (Å²) in [5.74, 6) is 0.349. The van der Waals surface area contributed by atoms with Gasteiger partial charge in [-0.15, -0.1) is 5.10 Å². The van der Waals surface area contributed by atoms with Crippen molar-refractivity contribution in [2.75, 3.05) is 62.7 Å². The lowest BCUT2D eigenvalue weighted by Crippen LogP contribution is -2.63. The van der Waals surface area contributed by atoms with E-state index in [0.29, 0.717) is 42.0 Å². The molecule has 3 saturated heterocycles. The van der Waals surface area contributed by atoms with Crippen molar-refractivity contribution in [2.45, 2.75) is 24.2 Å². The lowest BCUT2D eigenvalue weighted by Gasteiger charge is -2.50. The molecule has 3 aliphatic rings. The Morgan fingerprint density at radius 2 is 1.86 bits per heavy atom. The van der Waals surface area contributed by atoms with Crippen LogP contribution in [0.2, 0.25) is 0 Å². The van der Waals surface area contributed by atoms with Gasteiger partial charge in [0, 0.05) is 62.9 Å². The molecule has 0 saturated carbocycles. The number of hydrogen-bond donors (Lipinski definition) is 1. The number of benzene rings is 1. The van der Waals surface area contributed by atoms with Crippen LogP contribution in [0.5, 0.6) is 0 Å². The van der Waals surface area contributed by atoms with Gasteiger partial charge < -0.3 is 19.9 Å². The molecule has 3 fully saturated rings. The molecule has 1 N–H and O–H groups in total. The summed E-state index contributed by atoms with van der Waals surface area (Å²) in [6.07, 6.45) is -1.01. The van der Waals surface area contributed by atoms with Crippen LogP contribution in [0.4, 0.5) is 30.5 Å². The molecule has 4 aromatic rings. The molecule has 3 aliphatic heterocycles. The van der Waals surface area contributed by atoms with Gasteiger partial charge in [-0.1, -0.05) is 0 Å². The second kappa shape index (κ2) is 10.8. The summed E-state index contributed by atoms with van der Waals surface area (Å²) < 4.78 is 47.7. The Morgan fingerprint density at radius 3 is 2.50 bits per heavy atom. The molecule has 0 aliphatic carbocycles. The zero-order chi connectivity index (χ0) is 30.5. The number of carbonyl (C=O) groups excluding carboxylic acids is 1. The van der Waals surface area contributed by atoms with Gasteiger partial charge in [-0.2, -0.15) is 28.5 Å². The summed E-state index contributed by atoms with van der Waals surface area (Å²) in [6.45, 7) is 5.19. The zero-order valence-corrected chi connectivity index (χ0v) is 23.6. The second-order valence-corrected chi connectivity index (χ2v) is 11.4. The molecule has 15 heteroatoms. The third kappa shape index (κ3) is 5.09. The molecule has 228 valence electrons. The van der Waals surface area contributed by atoms with Crippen LogP contribution >= 0.6 is 0 Å². The standard InChI is InChI=1S/C29H29F3N10O2/c30-29(31,32)21-14-34-42(15-21)28(7-8-33)18-40(19-28)24-2-1-9-41-25(24)36-27(37-41)35-22-5-3-20(4-6-22)26(43)39-12-10-38(11-13-39)23-16-44-17-23/h1-6,9,14-15,23H,7,10-13,16-19H2,(H,35,37). The monoisotopic (exact) mass is 606 g/mol. The molecule has 3 aromatic heterocycles. The van der Waals surface area contributed by atoms with Gasteiger partial charge in [0.05, 0.1) is 49.2 Å². The van der Waals surface area contributed by atoms with Gasteiger partial charge in [-0.25, -0.2) is 4.52 Å². The fourth-order valence-electron chi connectivity index (χ4n) is 5.97. The Balaban J connectivity index is 1.02. The Bertz CT molecular complexity index is 1710. The zero-order valence-electron chi connectivity index (χ0n) is 23.6. The van der Waals surface area contributed by atoms with Crippen LogP contribution in [-0.4, -0.2) is 98.6 Å². The van der Waals surface area contributed by atoms with Gasteiger partial charge in [-0.3, -0.25) is 14.4 Å². The van der Waals surface area contributed by atoms with Crippen molar-refractivity contribution < 1.29 is 22.7 Å². The van der Waals surface area contributed by atoms with E-state index in [1.165, 1.54) is 4.68 Å². The van der Waals surface area contributed by atoms with E-state index in [1.807, 2.05) is 28.0 Å². The summed E-state index contributed by atoms with van der Waals surface area (Å²) >= 11 is 0. The minimum atomic E-state index is -4.51. The average molecular weight is 607 g/mol. The number of rotatable bonds is 7. The number of anilines is 3. The van der Waals surface area contributed by atoms with Crippen LogP contribution in [0.1, 0.15) is 22.3 Å². The number of carbonyl (C=O) groups is 1. The number of piperazine rings is 1. The highest BCUT2D eigenvalue weighted by Crippen LogP contribution is 2.39. The number of nitrogens with zero attached hydrogens (tertiary/aromatic N) is 9. The maximum Gasteiger partial charge on any atom is 0.419 e. The van der Waals surface area contributed by atoms with Gasteiger partial charge in [-0.05, 0) is 36.4 Å². The van der Waals surface area contributed by atoms with Crippen molar-refractivity contribution in [1.29, 1.82) is 5.26 Å². The van der Waals surface area contributed by atoms with Gasteiger partial charge in [0.1, 0.15) is 5.54 Å². The smallest absolute Gasteiger partial charge is 0.378 e. The van der Waals surface area contributed by atoms with Crippen LogP contribution in [-0.2, 0) is 16.5 Å². The molecule has 0 unspecified atom stereocenters. The quantitative estimate of drug-likeness (QED) is 0.339. The molecule has 0 bridgehead atoms. The van der Waals surface area contributed by atoms with Crippen LogP contribution < -0.4 is 10.2 Å². The van der Waals surface area contributed by atoms with E-state index in [2.05, 4.69) is 31.5 Å². The van der Waals surface area contributed by atoms with E-state index >= 15 is 0 Å². The Morgan fingerprint density at radius 1 is 1.11 bits per heavy atom. The third-order valence-corrected chi connectivity index (χ3v) is 8.58. The van der Waals surface area contributed by atoms with E-state index in [4.69, 9.17) is 4.74 Å². The second-order valence-electron chi connectivity index (χ2n) is 11.4. The number of alkyl halides is 3. The highest BCUT2D eigenvalue weighted by atomic mass is 19.4. The Hall–Kier alpha value is -4.68. The predicted molar refractivity (Wildman–Crippen MR) is 152 cm³/mol. The normalized spacial score (nSPS) is 19.0. The fourth-order valence-corrected chi connectivity index (χ4v) is 5.97. The number of pyridine rings is 1. The van der Waals surface area contributed by atoms with E-state index in [1.54, 1.807) is 28.9 Å². The highest BCUT2D eigenvalue weighted by Gasteiger charge is 2.47. The number of hydrogen-bond acceptors (Lipinski definition) is 9. The number of halogens is 3. The number of amides is 1. The molecule has 1 amide bonds. The van der Waals surface area contributed by atoms with Crippen molar-refractivity contribution in [3.63, 3.8) is 0 Å². The van der Waals surface area contributed by atoms with E-state index in [0.717, 1.165) is 44.4 Å². The lowest BCUT2D eigenvalue weighted by atomic mass is 9.86. The van der Waals surface area contributed by atoms with Crippen LogP contribution in [0.3, 0.4) is 0 Å². The number of nitrogens with one attached hydrogen (secondary N) is 1. The molecule has 44 heavy (non-hydrogen) atoms. The van der Waals surface area contributed by atoms with Gasteiger partial charge >= 0.3 is 6.18 Å². The summed E-state index contributed by atoms with van der Waals surface area (Å²) in [4.78, 5) is 23.9. The first kappa shape index (κ1) is 28.1. The predicted octanol–water partition coefficient (Wildman–Crippen LogP) is 2.97. The fraction of sp³-hybridized carbons (Fsp3) is 0.414. The van der Waals surface area contributed by atoms with Crippen LogP contribution in [0, 0.1) is 11.3 Å².